The maximum absolute atomic E-state index is 12.8. The molecule has 0 bridgehead atoms. The Kier molecular flexibility index (Phi) is 4.64. The molecule has 26 heavy (non-hydrogen) atoms. The van der Waals surface area contributed by atoms with Crippen LogP contribution in [0.1, 0.15) is 29.3 Å². The summed E-state index contributed by atoms with van der Waals surface area (Å²) in [4.78, 5) is 37.2. The molecule has 0 saturated heterocycles. The first-order valence-corrected chi connectivity index (χ1v) is 8.69. The Morgan fingerprint density at radius 2 is 1.92 bits per heavy atom. The Morgan fingerprint density at radius 1 is 1.27 bits per heavy atom. The second-order valence-corrected chi connectivity index (χ2v) is 6.89. The van der Waals surface area contributed by atoms with Crippen LogP contribution >= 0.6 is 15.9 Å². The molecule has 8 heteroatoms. The third-order valence-corrected chi connectivity index (χ3v) is 4.95. The first-order valence-electron chi connectivity index (χ1n) is 7.90. The molecule has 134 valence electrons. The number of amides is 1. The number of benzene rings is 2. The fourth-order valence-electron chi connectivity index (χ4n) is 3.11. The highest BCUT2D eigenvalue weighted by atomic mass is 79.9. The van der Waals surface area contributed by atoms with Crippen molar-refractivity contribution in [3.8, 4) is 0 Å². The molecule has 1 atom stereocenters. The quantitative estimate of drug-likeness (QED) is 0.456. The highest BCUT2D eigenvalue weighted by molar-refractivity contribution is 9.10. The third kappa shape index (κ3) is 2.91. The summed E-state index contributed by atoms with van der Waals surface area (Å²) in [7, 11) is 0. The number of nitrogens with zero attached hydrogens (tertiary/aromatic N) is 2. The van der Waals surface area contributed by atoms with Crippen LogP contribution in [0.15, 0.2) is 46.9 Å². The van der Waals surface area contributed by atoms with Crippen LogP contribution in [-0.4, -0.2) is 28.3 Å². The predicted molar refractivity (Wildman–Crippen MR) is 98.1 cm³/mol. The van der Waals surface area contributed by atoms with E-state index in [1.54, 1.807) is 31.2 Å². The second-order valence-electron chi connectivity index (χ2n) is 5.98. The largest absolute Gasteiger partial charge is 0.375 e. The topological polar surface area (TPSA) is 101 Å². The first-order chi connectivity index (χ1) is 12.3. The summed E-state index contributed by atoms with van der Waals surface area (Å²) in [6.45, 7) is 2.00. The third-order valence-electron chi connectivity index (χ3n) is 4.43. The zero-order valence-corrected chi connectivity index (χ0v) is 15.4. The normalized spacial score (nSPS) is 18.7. The summed E-state index contributed by atoms with van der Waals surface area (Å²) >= 11 is 3.28. The van der Waals surface area contributed by atoms with Gasteiger partial charge in [-0.2, -0.15) is 0 Å². The van der Waals surface area contributed by atoms with Gasteiger partial charge < -0.3 is 10.0 Å². The molecule has 1 heterocycles. The molecule has 0 aromatic heterocycles. The molecule has 7 nitrogen and oxygen atoms in total. The van der Waals surface area contributed by atoms with E-state index < -0.39 is 28.6 Å². The molecular formula is C18H15BrN2O5. The van der Waals surface area contributed by atoms with Gasteiger partial charge in [0.1, 0.15) is 0 Å². The summed E-state index contributed by atoms with van der Waals surface area (Å²) in [6, 6.07) is 10.4. The fourth-order valence-corrected chi connectivity index (χ4v) is 3.37. The zero-order chi connectivity index (χ0) is 19.1. The summed E-state index contributed by atoms with van der Waals surface area (Å²) < 4.78 is 0.794. The molecule has 2 aromatic rings. The minimum atomic E-state index is -2.12. The lowest BCUT2D eigenvalue weighted by molar-refractivity contribution is -0.385. The Labute approximate surface area is 157 Å². The number of nitro benzene ring substituents is 1. The van der Waals surface area contributed by atoms with Gasteiger partial charge in [0.25, 0.3) is 11.6 Å². The molecule has 0 aliphatic carbocycles. The molecule has 1 aliphatic heterocycles. The number of fused-ring (bicyclic) bond motifs is 1. The van der Waals surface area contributed by atoms with Crippen molar-refractivity contribution in [1.82, 2.24) is 0 Å². The number of non-ortho nitro benzene ring substituents is 1. The fraction of sp³-hybridized carbons (Fsp3) is 0.222. The average Bonchev–Trinajstić information content (AvgIpc) is 2.82. The van der Waals surface area contributed by atoms with E-state index in [1.165, 1.54) is 17.0 Å². The van der Waals surface area contributed by atoms with E-state index in [-0.39, 0.29) is 17.8 Å². The van der Waals surface area contributed by atoms with Gasteiger partial charge in [-0.15, -0.1) is 0 Å². The van der Waals surface area contributed by atoms with Crippen LogP contribution in [0.25, 0.3) is 0 Å². The predicted octanol–water partition coefficient (Wildman–Crippen LogP) is 3.18. The van der Waals surface area contributed by atoms with Gasteiger partial charge in [0, 0.05) is 34.3 Å². The van der Waals surface area contributed by atoms with Crippen molar-refractivity contribution in [2.45, 2.75) is 18.9 Å². The van der Waals surface area contributed by atoms with E-state index in [0.29, 0.717) is 11.3 Å². The molecule has 3 rings (SSSR count). The van der Waals surface area contributed by atoms with E-state index >= 15 is 0 Å². The highest BCUT2D eigenvalue weighted by Gasteiger charge is 2.51. The van der Waals surface area contributed by atoms with Crippen LogP contribution in [0, 0.1) is 10.1 Å². The number of Topliss-reactive ketones (excluding diaryl/α,β-unsaturated/α-hetero) is 1. The maximum Gasteiger partial charge on any atom is 0.269 e. The van der Waals surface area contributed by atoms with E-state index in [1.807, 2.05) is 0 Å². The van der Waals surface area contributed by atoms with Crippen LogP contribution in [0.5, 0.6) is 0 Å². The monoisotopic (exact) mass is 418 g/mol. The minimum Gasteiger partial charge on any atom is -0.375 e. The summed E-state index contributed by atoms with van der Waals surface area (Å²) in [5, 5.41) is 22.1. The van der Waals surface area contributed by atoms with Crippen molar-refractivity contribution in [2.75, 3.05) is 11.4 Å². The molecule has 0 unspecified atom stereocenters. The van der Waals surface area contributed by atoms with Gasteiger partial charge in [0.05, 0.1) is 17.0 Å². The number of carbonyl (C=O) groups excluding carboxylic acids is 2. The van der Waals surface area contributed by atoms with Gasteiger partial charge in [-0.25, -0.2) is 0 Å². The van der Waals surface area contributed by atoms with Gasteiger partial charge in [-0.3, -0.25) is 19.7 Å². The number of likely N-dealkylation sites (N-methyl/N-ethyl adjacent to an activating group) is 1. The Balaban J connectivity index is 2.04. The van der Waals surface area contributed by atoms with Gasteiger partial charge in [0.2, 0.25) is 0 Å². The van der Waals surface area contributed by atoms with E-state index in [2.05, 4.69) is 15.9 Å². The van der Waals surface area contributed by atoms with Crippen molar-refractivity contribution in [2.24, 2.45) is 0 Å². The molecule has 0 saturated carbocycles. The van der Waals surface area contributed by atoms with E-state index in [9.17, 15) is 24.8 Å². The van der Waals surface area contributed by atoms with Gasteiger partial charge in [-0.1, -0.05) is 28.1 Å². The Bertz CT molecular complexity index is 912. The van der Waals surface area contributed by atoms with Crippen LogP contribution < -0.4 is 4.90 Å². The standard InChI is InChI=1S/C18H15BrN2O5/c1-2-20-15-8-7-13(21(25)26)9-14(15)18(24,17(20)23)10-16(22)11-3-5-12(19)6-4-11/h3-9,24H,2,10H2,1H3/t18-/m1/s1. The number of aliphatic hydroxyl groups is 1. The summed E-state index contributed by atoms with van der Waals surface area (Å²) in [6.07, 6.45) is -0.488. The molecule has 0 radical (unpaired) electrons. The number of anilines is 1. The van der Waals surface area contributed by atoms with Crippen molar-refractivity contribution in [1.29, 1.82) is 0 Å². The van der Waals surface area contributed by atoms with Crippen molar-refractivity contribution >= 4 is 39.0 Å². The molecule has 1 amide bonds. The number of carbonyl (C=O) groups is 2. The number of hydrogen-bond donors (Lipinski definition) is 1. The molecule has 0 spiro atoms. The number of nitro groups is 1. The average molecular weight is 419 g/mol. The van der Waals surface area contributed by atoms with Crippen molar-refractivity contribution in [3.63, 3.8) is 0 Å². The van der Waals surface area contributed by atoms with Crippen LogP contribution in [0.2, 0.25) is 0 Å². The summed E-state index contributed by atoms with van der Waals surface area (Å²) in [5.41, 5.74) is -1.56. The molecular weight excluding hydrogens is 404 g/mol. The number of rotatable bonds is 5. The lowest BCUT2D eigenvalue weighted by atomic mass is 9.88. The number of hydrogen-bond acceptors (Lipinski definition) is 5. The highest BCUT2D eigenvalue weighted by Crippen LogP contribution is 2.44. The Hall–Kier alpha value is -2.58. The Morgan fingerprint density at radius 3 is 2.50 bits per heavy atom. The van der Waals surface area contributed by atoms with Gasteiger partial charge in [0.15, 0.2) is 11.4 Å². The van der Waals surface area contributed by atoms with Gasteiger partial charge >= 0.3 is 0 Å². The molecule has 1 N–H and O–H groups in total. The molecule has 2 aromatic carbocycles. The molecule has 0 fully saturated rings. The lowest BCUT2D eigenvalue weighted by Crippen LogP contribution is -2.41. The van der Waals surface area contributed by atoms with Crippen LogP contribution in [-0.2, 0) is 10.4 Å². The van der Waals surface area contributed by atoms with Gasteiger partial charge in [-0.05, 0) is 25.1 Å². The number of ketones is 1. The number of halogens is 1. The first kappa shape index (κ1) is 18.2. The second kappa shape index (κ2) is 6.62. The minimum absolute atomic E-state index is 0.0870. The smallest absolute Gasteiger partial charge is 0.269 e. The van der Waals surface area contributed by atoms with Crippen molar-refractivity contribution in [3.05, 3.63) is 68.2 Å². The van der Waals surface area contributed by atoms with E-state index in [4.69, 9.17) is 0 Å². The van der Waals surface area contributed by atoms with Crippen LogP contribution in [0.4, 0.5) is 11.4 Å². The maximum atomic E-state index is 12.8. The lowest BCUT2D eigenvalue weighted by Gasteiger charge is -2.22. The van der Waals surface area contributed by atoms with E-state index in [0.717, 1.165) is 10.5 Å². The summed E-state index contributed by atoms with van der Waals surface area (Å²) in [5.74, 6) is -1.08. The zero-order valence-electron chi connectivity index (χ0n) is 13.8. The van der Waals surface area contributed by atoms with Crippen molar-refractivity contribution < 1.29 is 19.6 Å². The van der Waals surface area contributed by atoms with Crippen LogP contribution in [0.3, 0.4) is 0 Å². The SMILES string of the molecule is CCN1C(=O)[C@@](O)(CC(=O)c2ccc(Br)cc2)c2cc([N+](=O)[O-])ccc21. The molecule has 1 aliphatic rings.